The predicted molar refractivity (Wildman–Crippen MR) is 92.6 cm³/mol. The van der Waals surface area contributed by atoms with Crippen LogP contribution in [0.25, 0.3) is 0 Å². The number of nitrogens with one attached hydrogen (secondary N) is 2. The van der Waals surface area contributed by atoms with Crippen molar-refractivity contribution in [3.8, 4) is 0 Å². The van der Waals surface area contributed by atoms with E-state index in [2.05, 4.69) is 10.1 Å². The van der Waals surface area contributed by atoms with E-state index >= 15 is 0 Å². The lowest BCUT2D eigenvalue weighted by Crippen LogP contribution is -2.72. The largest absolute Gasteiger partial charge is 0.463 e. The molecule has 0 fully saturated rings. The van der Waals surface area contributed by atoms with Crippen LogP contribution in [-0.2, 0) is 16.1 Å². The van der Waals surface area contributed by atoms with E-state index in [0.29, 0.717) is 5.56 Å². The van der Waals surface area contributed by atoms with E-state index in [4.69, 9.17) is 0 Å². The third kappa shape index (κ3) is 4.86. The zero-order valence-corrected chi connectivity index (χ0v) is 14.8. The third-order valence-corrected chi connectivity index (χ3v) is 3.81. The molecule has 1 amide bonds. The maximum absolute atomic E-state index is 14.0. The van der Waals surface area contributed by atoms with Gasteiger partial charge in [0.05, 0.1) is 6.61 Å². The Labute approximate surface area is 158 Å². The first-order valence-corrected chi connectivity index (χ1v) is 8.30. The maximum atomic E-state index is 14.0. The molecule has 0 bridgehead atoms. The second-order valence-electron chi connectivity index (χ2n) is 5.77. The Hall–Kier alpha value is -2.94. The fourth-order valence-corrected chi connectivity index (χ4v) is 2.37. The summed E-state index contributed by atoms with van der Waals surface area (Å²) in [6, 6.07) is 11.9. The average Bonchev–Trinajstić information content (AvgIpc) is 2.65. The third-order valence-electron chi connectivity index (χ3n) is 3.81. The molecule has 0 saturated carbocycles. The van der Waals surface area contributed by atoms with Gasteiger partial charge in [-0.05, 0) is 36.8 Å². The molecular weight excluding hydrogens is 380 g/mol. The first-order chi connectivity index (χ1) is 13.2. The highest BCUT2D eigenvalue weighted by Gasteiger charge is 2.63. The SMILES string of the molecule is CCOC(=O)[C@](NCc1ccccc1)(NC(=O)c1ccc(F)cc1)C(F)(F)F. The van der Waals surface area contributed by atoms with Crippen LogP contribution in [0.4, 0.5) is 17.6 Å². The first-order valence-electron chi connectivity index (χ1n) is 8.30. The van der Waals surface area contributed by atoms with Crippen LogP contribution >= 0.6 is 0 Å². The number of rotatable bonds is 7. The van der Waals surface area contributed by atoms with Crippen LogP contribution in [0.3, 0.4) is 0 Å². The summed E-state index contributed by atoms with van der Waals surface area (Å²) in [6.07, 6.45) is -5.22. The molecule has 0 unspecified atom stereocenters. The number of carbonyl (C=O) groups excluding carboxylic acids is 2. The van der Waals surface area contributed by atoms with Gasteiger partial charge in [-0.15, -0.1) is 0 Å². The fraction of sp³-hybridized carbons (Fsp3) is 0.263. The zero-order chi connectivity index (χ0) is 20.8. The molecule has 28 heavy (non-hydrogen) atoms. The number of benzene rings is 2. The monoisotopic (exact) mass is 398 g/mol. The number of carbonyl (C=O) groups is 2. The Morgan fingerprint density at radius 2 is 1.61 bits per heavy atom. The van der Waals surface area contributed by atoms with Crippen LogP contribution in [0.15, 0.2) is 54.6 Å². The summed E-state index contributed by atoms with van der Waals surface area (Å²) in [7, 11) is 0. The molecule has 0 aliphatic heterocycles. The Morgan fingerprint density at radius 3 is 2.14 bits per heavy atom. The van der Waals surface area contributed by atoms with Crippen molar-refractivity contribution in [1.82, 2.24) is 10.6 Å². The van der Waals surface area contributed by atoms with Crippen molar-refractivity contribution in [2.45, 2.75) is 25.3 Å². The van der Waals surface area contributed by atoms with Gasteiger partial charge in [-0.1, -0.05) is 30.3 Å². The summed E-state index contributed by atoms with van der Waals surface area (Å²) in [6.45, 7) is 0.650. The summed E-state index contributed by atoms with van der Waals surface area (Å²) in [5, 5.41) is 3.77. The Bertz CT molecular complexity index is 810. The minimum absolute atomic E-state index is 0.249. The molecule has 1 atom stereocenters. The molecule has 150 valence electrons. The molecule has 0 aromatic heterocycles. The normalized spacial score (nSPS) is 13.5. The standard InChI is InChI=1S/C19H18F4N2O3/c1-2-28-17(27)18(19(21,22)23,24-12-13-6-4-3-5-7-13)25-16(26)14-8-10-15(20)11-9-14/h3-11,24H,2,12H2,1H3,(H,25,26)/t18-/m0/s1. The summed E-state index contributed by atoms with van der Waals surface area (Å²) < 4.78 is 59.5. The maximum Gasteiger partial charge on any atom is 0.436 e. The molecule has 2 aromatic carbocycles. The molecule has 0 aliphatic carbocycles. The molecule has 5 nitrogen and oxygen atoms in total. The quantitative estimate of drug-likeness (QED) is 0.427. The highest BCUT2D eigenvalue weighted by Crippen LogP contribution is 2.30. The smallest absolute Gasteiger partial charge is 0.436 e. The molecule has 0 spiro atoms. The van der Waals surface area contributed by atoms with E-state index in [-0.39, 0.29) is 18.7 Å². The van der Waals surface area contributed by atoms with Crippen molar-refractivity contribution in [2.24, 2.45) is 0 Å². The lowest BCUT2D eigenvalue weighted by molar-refractivity contribution is -0.219. The molecular formula is C19H18F4N2O3. The molecule has 0 saturated heterocycles. The number of halogens is 4. The summed E-state index contributed by atoms with van der Waals surface area (Å²) in [4.78, 5) is 24.6. The van der Waals surface area contributed by atoms with Crippen molar-refractivity contribution in [3.63, 3.8) is 0 Å². The molecule has 0 heterocycles. The van der Waals surface area contributed by atoms with Crippen molar-refractivity contribution in [2.75, 3.05) is 6.61 Å². The van der Waals surface area contributed by atoms with Crippen molar-refractivity contribution in [3.05, 3.63) is 71.5 Å². The van der Waals surface area contributed by atoms with Gasteiger partial charge in [-0.3, -0.25) is 10.1 Å². The van der Waals surface area contributed by atoms with Crippen molar-refractivity contribution >= 4 is 11.9 Å². The van der Waals surface area contributed by atoms with Gasteiger partial charge in [0.1, 0.15) is 5.82 Å². The van der Waals surface area contributed by atoms with Gasteiger partial charge in [0, 0.05) is 12.1 Å². The number of hydrogen-bond acceptors (Lipinski definition) is 4. The molecule has 2 aromatic rings. The molecule has 9 heteroatoms. The van der Waals surface area contributed by atoms with E-state index in [1.54, 1.807) is 35.6 Å². The minimum Gasteiger partial charge on any atom is -0.463 e. The van der Waals surface area contributed by atoms with Crippen LogP contribution in [0.2, 0.25) is 0 Å². The van der Waals surface area contributed by atoms with Gasteiger partial charge in [-0.25, -0.2) is 9.18 Å². The second-order valence-corrected chi connectivity index (χ2v) is 5.77. The van der Waals surface area contributed by atoms with Gasteiger partial charge in [0.15, 0.2) is 0 Å². The van der Waals surface area contributed by atoms with E-state index in [0.717, 1.165) is 24.3 Å². The van der Waals surface area contributed by atoms with Crippen LogP contribution in [-0.4, -0.2) is 30.3 Å². The van der Waals surface area contributed by atoms with E-state index < -0.39 is 29.5 Å². The number of esters is 1. The van der Waals surface area contributed by atoms with Crippen LogP contribution in [0.5, 0.6) is 0 Å². The molecule has 0 aliphatic rings. The zero-order valence-electron chi connectivity index (χ0n) is 14.8. The van der Waals surface area contributed by atoms with Crippen LogP contribution < -0.4 is 10.6 Å². The van der Waals surface area contributed by atoms with Crippen molar-refractivity contribution in [1.29, 1.82) is 0 Å². The number of alkyl halides is 3. The van der Waals surface area contributed by atoms with Crippen molar-refractivity contribution < 1.29 is 31.9 Å². The fourth-order valence-electron chi connectivity index (χ4n) is 2.37. The van der Waals surface area contributed by atoms with E-state index in [1.807, 2.05) is 0 Å². The summed E-state index contributed by atoms with van der Waals surface area (Å²) in [5.41, 5.74) is -3.28. The predicted octanol–water partition coefficient (Wildman–Crippen LogP) is 3.17. The van der Waals surface area contributed by atoms with Gasteiger partial charge >= 0.3 is 12.1 Å². The topological polar surface area (TPSA) is 67.4 Å². The molecule has 2 N–H and O–H groups in total. The Kier molecular flexibility index (Phi) is 6.74. The second kappa shape index (κ2) is 8.83. The number of ether oxygens (including phenoxy) is 1. The van der Waals surface area contributed by atoms with Gasteiger partial charge in [0.25, 0.3) is 11.6 Å². The first kappa shape index (κ1) is 21.4. The number of amides is 1. The summed E-state index contributed by atoms with van der Waals surface area (Å²) >= 11 is 0. The van der Waals surface area contributed by atoms with E-state index in [1.165, 1.54) is 6.92 Å². The highest BCUT2D eigenvalue weighted by atomic mass is 19.4. The minimum atomic E-state index is -5.22. The Balaban J connectivity index is 2.38. The highest BCUT2D eigenvalue weighted by molar-refractivity contribution is 5.98. The van der Waals surface area contributed by atoms with Gasteiger partial charge in [0.2, 0.25) is 0 Å². The summed E-state index contributed by atoms with van der Waals surface area (Å²) in [5.74, 6) is -3.58. The lowest BCUT2D eigenvalue weighted by atomic mass is 10.1. The van der Waals surface area contributed by atoms with Gasteiger partial charge in [-0.2, -0.15) is 13.2 Å². The lowest BCUT2D eigenvalue weighted by Gasteiger charge is -2.34. The van der Waals surface area contributed by atoms with Gasteiger partial charge < -0.3 is 10.1 Å². The Morgan fingerprint density at radius 1 is 1.00 bits per heavy atom. The van der Waals surface area contributed by atoms with E-state index in [9.17, 15) is 27.2 Å². The molecule has 2 rings (SSSR count). The van der Waals surface area contributed by atoms with Crippen LogP contribution in [0, 0.1) is 5.82 Å². The average molecular weight is 398 g/mol. The van der Waals surface area contributed by atoms with Crippen LogP contribution in [0.1, 0.15) is 22.8 Å². The number of hydrogen-bond donors (Lipinski definition) is 2. The molecule has 0 radical (unpaired) electrons.